The Kier molecular flexibility index (Phi) is 6.82. The summed E-state index contributed by atoms with van der Waals surface area (Å²) in [5.41, 5.74) is 1.43. The van der Waals surface area contributed by atoms with Crippen molar-refractivity contribution in [1.29, 1.82) is 0 Å². The summed E-state index contributed by atoms with van der Waals surface area (Å²) in [5.74, 6) is 0. The monoisotopic (exact) mass is 185 g/mol. The first-order chi connectivity index (χ1) is 5.43. The molecule has 0 aliphatic rings. The molecule has 0 radical (unpaired) electrons. The molecular weight excluding hydrogens is 170 g/mol. The molecule has 0 fully saturated rings. The number of hydrogen-bond donors (Lipinski definition) is 1. The zero-order valence-electron chi connectivity index (χ0n) is 7.42. The van der Waals surface area contributed by atoms with Gasteiger partial charge in [0.15, 0.2) is 0 Å². The predicted molar refractivity (Wildman–Crippen MR) is 55.9 cm³/mol. The molecule has 1 aromatic carbocycles. The molecule has 0 heterocycles. The molecule has 68 valence electrons. The van der Waals surface area contributed by atoms with E-state index in [-0.39, 0.29) is 12.4 Å². The molecule has 0 aliphatic carbocycles. The van der Waals surface area contributed by atoms with Crippen molar-refractivity contribution in [3.63, 3.8) is 0 Å². The van der Waals surface area contributed by atoms with Crippen LogP contribution in [0, 0.1) is 0 Å². The smallest absolute Gasteiger partial charge is 0.00488 e. The van der Waals surface area contributed by atoms with Gasteiger partial charge in [-0.2, -0.15) is 0 Å². The largest absolute Gasteiger partial charge is 0.320 e. The van der Waals surface area contributed by atoms with Gasteiger partial charge in [0.2, 0.25) is 0 Å². The van der Waals surface area contributed by atoms with Gasteiger partial charge < -0.3 is 5.32 Å². The number of hydrogen-bond acceptors (Lipinski definition) is 1. The van der Waals surface area contributed by atoms with E-state index < -0.39 is 0 Å². The fourth-order valence-electron chi connectivity index (χ4n) is 1.11. The van der Waals surface area contributed by atoms with Gasteiger partial charge in [0.1, 0.15) is 0 Å². The SMILES string of the molecule is CNCCCc1ccccc1.Cl. The standard InChI is InChI=1S/C10H15N.ClH/c1-11-9-5-8-10-6-3-2-4-7-10;/h2-4,6-7,11H,5,8-9H2,1H3;1H. The van der Waals surface area contributed by atoms with Gasteiger partial charge >= 0.3 is 0 Å². The molecule has 1 aromatic rings. The molecule has 12 heavy (non-hydrogen) atoms. The highest BCUT2D eigenvalue weighted by molar-refractivity contribution is 5.85. The minimum Gasteiger partial charge on any atom is -0.320 e. The van der Waals surface area contributed by atoms with Gasteiger partial charge in [0.05, 0.1) is 0 Å². The molecule has 0 aliphatic heterocycles. The number of benzene rings is 1. The molecule has 0 unspecified atom stereocenters. The third-order valence-corrected chi connectivity index (χ3v) is 1.74. The third-order valence-electron chi connectivity index (χ3n) is 1.74. The van der Waals surface area contributed by atoms with E-state index in [1.54, 1.807) is 0 Å². The normalized spacial score (nSPS) is 9.08. The van der Waals surface area contributed by atoms with Gasteiger partial charge in [0.25, 0.3) is 0 Å². The highest BCUT2D eigenvalue weighted by atomic mass is 35.5. The van der Waals surface area contributed by atoms with Gasteiger partial charge in [-0.15, -0.1) is 12.4 Å². The van der Waals surface area contributed by atoms with Crippen LogP contribution in [0.15, 0.2) is 30.3 Å². The van der Waals surface area contributed by atoms with E-state index >= 15 is 0 Å². The summed E-state index contributed by atoms with van der Waals surface area (Å²) in [6.45, 7) is 1.11. The van der Waals surface area contributed by atoms with Crippen LogP contribution in [0.3, 0.4) is 0 Å². The molecule has 0 aromatic heterocycles. The minimum atomic E-state index is 0. The Hall–Kier alpha value is -0.530. The summed E-state index contributed by atoms with van der Waals surface area (Å²) >= 11 is 0. The van der Waals surface area contributed by atoms with Crippen LogP contribution in [-0.4, -0.2) is 13.6 Å². The van der Waals surface area contributed by atoms with Crippen molar-refractivity contribution in [2.75, 3.05) is 13.6 Å². The van der Waals surface area contributed by atoms with Gasteiger partial charge in [-0.05, 0) is 32.0 Å². The maximum Gasteiger partial charge on any atom is -0.00488 e. The van der Waals surface area contributed by atoms with Gasteiger partial charge in [-0.3, -0.25) is 0 Å². The van der Waals surface area contributed by atoms with E-state index in [0.29, 0.717) is 0 Å². The molecular formula is C10H16ClN. The number of aryl methyl sites for hydroxylation is 1. The second-order valence-electron chi connectivity index (χ2n) is 2.69. The van der Waals surface area contributed by atoms with Crippen LogP contribution in [0.2, 0.25) is 0 Å². The maximum atomic E-state index is 3.14. The Morgan fingerprint density at radius 1 is 1.17 bits per heavy atom. The molecule has 0 bridgehead atoms. The predicted octanol–water partition coefficient (Wildman–Crippen LogP) is 2.26. The summed E-state index contributed by atoms with van der Waals surface area (Å²) in [5, 5.41) is 3.14. The lowest BCUT2D eigenvalue weighted by Gasteiger charge is -1.99. The molecule has 2 heteroatoms. The van der Waals surface area contributed by atoms with Crippen LogP contribution in [0.25, 0.3) is 0 Å². The molecule has 1 N–H and O–H groups in total. The first-order valence-corrected chi connectivity index (χ1v) is 4.12. The number of rotatable bonds is 4. The van der Waals surface area contributed by atoms with Crippen LogP contribution < -0.4 is 5.32 Å². The van der Waals surface area contributed by atoms with Crippen molar-refractivity contribution in [2.45, 2.75) is 12.8 Å². The van der Waals surface area contributed by atoms with Crippen LogP contribution >= 0.6 is 12.4 Å². The zero-order chi connectivity index (χ0) is 7.94. The van der Waals surface area contributed by atoms with Gasteiger partial charge in [-0.1, -0.05) is 30.3 Å². The Balaban J connectivity index is 0.00000121. The summed E-state index contributed by atoms with van der Waals surface area (Å²) in [6, 6.07) is 10.6. The Morgan fingerprint density at radius 3 is 2.42 bits per heavy atom. The van der Waals surface area contributed by atoms with E-state index in [4.69, 9.17) is 0 Å². The van der Waals surface area contributed by atoms with E-state index in [1.807, 2.05) is 7.05 Å². The van der Waals surface area contributed by atoms with Crippen molar-refractivity contribution in [3.05, 3.63) is 35.9 Å². The van der Waals surface area contributed by atoms with Crippen LogP contribution in [-0.2, 0) is 6.42 Å². The average molecular weight is 186 g/mol. The fraction of sp³-hybridized carbons (Fsp3) is 0.400. The second-order valence-corrected chi connectivity index (χ2v) is 2.69. The first kappa shape index (κ1) is 11.5. The summed E-state index contributed by atoms with van der Waals surface area (Å²) in [7, 11) is 1.99. The summed E-state index contributed by atoms with van der Waals surface area (Å²) < 4.78 is 0. The van der Waals surface area contributed by atoms with E-state index in [0.717, 1.165) is 6.54 Å². The molecule has 0 saturated carbocycles. The fourth-order valence-corrected chi connectivity index (χ4v) is 1.11. The van der Waals surface area contributed by atoms with Crippen LogP contribution in [0.5, 0.6) is 0 Å². The van der Waals surface area contributed by atoms with Gasteiger partial charge in [-0.25, -0.2) is 0 Å². The van der Waals surface area contributed by atoms with Crippen molar-refractivity contribution in [3.8, 4) is 0 Å². The Labute approximate surface area is 80.6 Å². The number of nitrogens with one attached hydrogen (secondary N) is 1. The lowest BCUT2D eigenvalue weighted by molar-refractivity contribution is 0.725. The van der Waals surface area contributed by atoms with Crippen LogP contribution in [0.1, 0.15) is 12.0 Å². The summed E-state index contributed by atoms with van der Waals surface area (Å²) in [6.07, 6.45) is 2.40. The molecule has 1 rings (SSSR count). The zero-order valence-corrected chi connectivity index (χ0v) is 8.23. The van der Waals surface area contributed by atoms with Crippen LogP contribution in [0.4, 0.5) is 0 Å². The van der Waals surface area contributed by atoms with E-state index in [9.17, 15) is 0 Å². The molecule has 1 nitrogen and oxygen atoms in total. The van der Waals surface area contributed by atoms with Crippen molar-refractivity contribution >= 4 is 12.4 Å². The van der Waals surface area contributed by atoms with Crippen molar-refractivity contribution in [2.24, 2.45) is 0 Å². The second kappa shape index (κ2) is 7.14. The lowest BCUT2D eigenvalue weighted by atomic mass is 10.1. The minimum absolute atomic E-state index is 0. The molecule has 0 atom stereocenters. The first-order valence-electron chi connectivity index (χ1n) is 4.12. The van der Waals surface area contributed by atoms with Gasteiger partial charge in [0, 0.05) is 0 Å². The van der Waals surface area contributed by atoms with E-state index in [1.165, 1.54) is 18.4 Å². The quantitative estimate of drug-likeness (QED) is 0.710. The Bertz CT molecular complexity index is 186. The third kappa shape index (κ3) is 4.37. The van der Waals surface area contributed by atoms with E-state index in [2.05, 4.69) is 35.6 Å². The average Bonchev–Trinajstić information content (AvgIpc) is 2.07. The maximum absolute atomic E-state index is 3.14. The molecule has 0 saturated heterocycles. The highest BCUT2D eigenvalue weighted by Crippen LogP contribution is 2.00. The van der Waals surface area contributed by atoms with Crippen molar-refractivity contribution in [1.82, 2.24) is 5.32 Å². The topological polar surface area (TPSA) is 12.0 Å². The highest BCUT2D eigenvalue weighted by Gasteiger charge is 1.88. The summed E-state index contributed by atoms with van der Waals surface area (Å²) in [4.78, 5) is 0. The number of halogens is 1. The Morgan fingerprint density at radius 2 is 1.83 bits per heavy atom. The molecule has 0 spiro atoms. The molecule has 0 amide bonds. The van der Waals surface area contributed by atoms with Crippen molar-refractivity contribution < 1.29 is 0 Å². The lowest BCUT2D eigenvalue weighted by Crippen LogP contribution is -2.08.